The SMILES string of the molecule is CN(CC(=O)NC(C(=O)O)c1ccc(Br)cc1)S(C)(=O)=O. The molecule has 1 unspecified atom stereocenters. The summed E-state index contributed by atoms with van der Waals surface area (Å²) in [6, 6.07) is 5.19. The largest absolute Gasteiger partial charge is 0.479 e. The van der Waals surface area contributed by atoms with Gasteiger partial charge in [0.2, 0.25) is 15.9 Å². The van der Waals surface area contributed by atoms with Gasteiger partial charge in [-0.1, -0.05) is 28.1 Å². The maximum Gasteiger partial charge on any atom is 0.330 e. The van der Waals surface area contributed by atoms with Gasteiger partial charge in [0, 0.05) is 11.5 Å². The first kappa shape index (κ1) is 17.6. The minimum absolute atomic E-state index is 0.390. The first-order valence-corrected chi connectivity index (χ1v) is 8.44. The Morgan fingerprint density at radius 2 is 1.86 bits per heavy atom. The molecule has 0 saturated heterocycles. The van der Waals surface area contributed by atoms with E-state index in [9.17, 15) is 23.1 Å². The number of hydrogen-bond acceptors (Lipinski definition) is 4. The molecule has 21 heavy (non-hydrogen) atoms. The van der Waals surface area contributed by atoms with Crippen molar-refractivity contribution >= 4 is 37.8 Å². The van der Waals surface area contributed by atoms with Crippen LogP contribution in [0.4, 0.5) is 0 Å². The highest BCUT2D eigenvalue weighted by Crippen LogP contribution is 2.17. The molecule has 1 aromatic rings. The topological polar surface area (TPSA) is 104 Å². The van der Waals surface area contributed by atoms with Gasteiger partial charge in [0.15, 0.2) is 6.04 Å². The zero-order valence-electron chi connectivity index (χ0n) is 11.4. The first-order chi connectivity index (χ1) is 9.61. The number of carbonyl (C=O) groups is 2. The number of likely N-dealkylation sites (N-methyl/N-ethyl adjacent to an activating group) is 1. The lowest BCUT2D eigenvalue weighted by atomic mass is 10.1. The van der Waals surface area contributed by atoms with Crippen molar-refractivity contribution < 1.29 is 23.1 Å². The summed E-state index contributed by atoms with van der Waals surface area (Å²) in [6.45, 7) is -0.445. The highest BCUT2D eigenvalue weighted by atomic mass is 79.9. The molecule has 0 radical (unpaired) electrons. The first-order valence-electron chi connectivity index (χ1n) is 5.80. The lowest BCUT2D eigenvalue weighted by Gasteiger charge is -2.18. The van der Waals surface area contributed by atoms with Crippen LogP contribution in [0.5, 0.6) is 0 Å². The van der Waals surface area contributed by atoms with Crippen LogP contribution >= 0.6 is 15.9 Å². The fourth-order valence-corrected chi connectivity index (χ4v) is 2.09. The average molecular weight is 379 g/mol. The van der Waals surface area contributed by atoms with Crippen LogP contribution in [0.3, 0.4) is 0 Å². The van der Waals surface area contributed by atoms with Gasteiger partial charge in [-0.2, -0.15) is 4.31 Å². The van der Waals surface area contributed by atoms with Gasteiger partial charge in [-0.3, -0.25) is 4.79 Å². The van der Waals surface area contributed by atoms with E-state index in [1.807, 2.05) is 0 Å². The van der Waals surface area contributed by atoms with Crippen LogP contribution < -0.4 is 5.32 Å². The van der Waals surface area contributed by atoms with Gasteiger partial charge in [0.25, 0.3) is 0 Å². The molecule has 1 amide bonds. The van der Waals surface area contributed by atoms with Crippen molar-refractivity contribution in [1.29, 1.82) is 0 Å². The van der Waals surface area contributed by atoms with E-state index in [2.05, 4.69) is 21.2 Å². The summed E-state index contributed by atoms with van der Waals surface area (Å²) in [6.07, 6.45) is 0.962. The van der Waals surface area contributed by atoms with Crippen LogP contribution in [0.25, 0.3) is 0 Å². The molecule has 0 aromatic heterocycles. The Morgan fingerprint density at radius 3 is 2.29 bits per heavy atom. The predicted molar refractivity (Wildman–Crippen MR) is 80.1 cm³/mol. The summed E-state index contributed by atoms with van der Waals surface area (Å²) < 4.78 is 24.0. The Bertz CT molecular complexity index is 630. The number of benzene rings is 1. The number of carboxylic acids is 1. The summed E-state index contributed by atoms with van der Waals surface area (Å²) in [5, 5.41) is 11.5. The molecule has 1 aromatic carbocycles. The summed E-state index contributed by atoms with van der Waals surface area (Å²) in [4.78, 5) is 23.0. The zero-order chi connectivity index (χ0) is 16.2. The minimum Gasteiger partial charge on any atom is -0.479 e. The highest BCUT2D eigenvalue weighted by molar-refractivity contribution is 9.10. The molecule has 7 nitrogen and oxygen atoms in total. The quantitative estimate of drug-likeness (QED) is 0.753. The van der Waals surface area contributed by atoms with Crippen LogP contribution in [0.1, 0.15) is 11.6 Å². The van der Waals surface area contributed by atoms with Gasteiger partial charge in [-0.15, -0.1) is 0 Å². The summed E-state index contributed by atoms with van der Waals surface area (Å²) in [5.41, 5.74) is 0.390. The average Bonchev–Trinajstić information content (AvgIpc) is 2.35. The molecule has 2 N–H and O–H groups in total. The molecule has 0 spiro atoms. The van der Waals surface area contributed by atoms with Gasteiger partial charge in [0.1, 0.15) is 0 Å². The van der Waals surface area contributed by atoms with Crippen LogP contribution in [0.2, 0.25) is 0 Å². The number of nitrogens with zero attached hydrogens (tertiary/aromatic N) is 1. The highest BCUT2D eigenvalue weighted by Gasteiger charge is 2.24. The molecule has 0 aliphatic carbocycles. The molecule has 0 fully saturated rings. The van der Waals surface area contributed by atoms with E-state index >= 15 is 0 Å². The number of aliphatic carboxylic acids is 1. The smallest absolute Gasteiger partial charge is 0.330 e. The Kier molecular flexibility index (Phi) is 5.87. The fraction of sp³-hybridized carbons (Fsp3) is 0.333. The Balaban J connectivity index is 2.82. The van der Waals surface area contributed by atoms with Gasteiger partial charge >= 0.3 is 5.97 Å². The van der Waals surface area contributed by atoms with Gasteiger partial charge in [0.05, 0.1) is 12.8 Å². The third-order valence-corrected chi connectivity index (χ3v) is 4.48. The Labute approximate surface area is 131 Å². The van der Waals surface area contributed by atoms with E-state index in [4.69, 9.17) is 0 Å². The molecule has 1 atom stereocenters. The van der Waals surface area contributed by atoms with E-state index in [0.717, 1.165) is 15.0 Å². The van der Waals surface area contributed by atoms with Crippen LogP contribution in [0, 0.1) is 0 Å². The molecular formula is C12H15BrN2O5S. The summed E-state index contributed by atoms with van der Waals surface area (Å²) >= 11 is 3.23. The second-order valence-electron chi connectivity index (χ2n) is 4.41. The Morgan fingerprint density at radius 1 is 1.33 bits per heavy atom. The molecule has 116 valence electrons. The van der Waals surface area contributed by atoms with Crippen molar-refractivity contribution in [1.82, 2.24) is 9.62 Å². The van der Waals surface area contributed by atoms with Crippen molar-refractivity contribution in [2.24, 2.45) is 0 Å². The zero-order valence-corrected chi connectivity index (χ0v) is 13.8. The standard InChI is InChI=1S/C12H15BrN2O5S/c1-15(21(2,19)20)7-10(16)14-11(12(17)18)8-3-5-9(13)6-4-8/h3-6,11H,7H2,1-2H3,(H,14,16)(H,17,18). The number of sulfonamides is 1. The number of carboxylic acid groups (broad SMARTS) is 1. The number of rotatable bonds is 6. The number of hydrogen-bond donors (Lipinski definition) is 2. The van der Waals surface area contributed by atoms with Crippen molar-refractivity contribution in [2.45, 2.75) is 6.04 Å². The number of carbonyl (C=O) groups excluding carboxylic acids is 1. The van der Waals surface area contributed by atoms with E-state index < -0.39 is 34.5 Å². The van der Waals surface area contributed by atoms with Gasteiger partial charge in [-0.25, -0.2) is 13.2 Å². The predicted octanol–water partition coefficient (Wildman–Crippen LogP) is 0.582. The Hall–Kier alpha value is -1.45. The van der Waals surface area contributed by atoms with E-state index in [1.54, 1.807) is 24.3 Å². The molecule has 1 rings (SSSR count). The minimum atomic E-state index is -3.51. The van der Waals surface area contributed by atoms with Gasteiger partial charge < -0.3 is 10.4 Å². The molecule has 0 bridgehead atoms. The van der Waals surface area contributed by atoms with Crippen molar-refractivity contribution in [3.63, 3.8) is 0 Å². The van der Waals surface area contributed by atoms with Crippen molar-refractivity contribution in [3.8, 4) is 0 Å². The van der Waals surface area contributed by atoms with Crippen molar-refractivity contribution in [3.05, 3.63) is 34.3 Å². The third-order valence-electron chi connectivity index (χ3n) is 2.69. The van der Waals surface area contributed by atoms with E-state index in [1.165, 1.54) is 7.05 Å². The van der Waals surface area contributed by atoms with Crippen LogP contribution in [0.15, 0.2) is 28.7 Å². The lowest BCUT2D eigenvalue weighted by molar-refractivity contribution is -0.142. The number of nitrogens with one attached hydrogen (secondary N) is 1. The molecule has 9 heteroatoms. The number of halogens is 1. The second kappa shape index (κ2) is 7.01. The maximum absolute atomic E-state index is 11.8. The summed E-state index contributed by atoms with van der Waals surface area (Å²) in [7, 11) is -2.26. The molecule has 0 aliphatic rings. The normalized spacial score (nSPS) is 13.0. The van der Waals surface area contributed by atoms with E-state index in [0.29, 0.717) is 5.56 Å². The molecule has 0 aliphatic heterocycles. The fourth-order valence-electron chi connectivity index (χ4n) is 1.47. The van der Waals surface area contributed by atoms with Crippen LogP contribution in [-0.2, 0) is 19.6 Å². The summed E-state index contributed by atoms with van der Waals surface area (Å²) in [5.74, 6) is -1.93. The van der Waals surface area contributed by atoms with Gasteiger partial charge in [-0.05, 0) is 17.7 Å². The lowest BCUT2D eigenvalue weighted by Crippen LogP contribution is -2.41. The molecule has 0 saturated carbocycles. The van der Waals surface area contributed by atoms with E-state index in [-0.39, 0.29) is 0 Å². The molecule has 0 heterocycles. The molecular weight excluding hydrogens is 364 g/mol. The monoisotopic (exact) mass is 378 g/mol. The number of amides is 1. The van der Waals surface area contributed by atoms with Crippen molar-refractivity contribution in [2.75, 3.05) is 19.8 Å². The third kappa shape index (κ3) is 5.44. The second-order valence-corrected chi connectivity index (χ2v) is 7.41. The van der Waals surface area contributed by atoms with Crippen LogP contribution in [-0.4, -0.2) is 49.6 Å². The maximum atomic E-state index is 11.8.